The van der Waals surface area contributed by atoms with E-state index in [0.29, 0.717) is 18.3 Å². The molecule has 0 saturated carbocycles. The molecule has 6 nitrogen and oxygen atoms in total. The largest absolute Gasteiger partial charge is 0.334 e. The molecule has 3 aromatic rings. The van der Waals surface area contributed by atoms with Crippen molar-refractivity contribution in [3.05, 3.63) is 29.7 Å². The number of hydrogen-bond acceptors (Lipinski definition) is 5. The number of fused-ring (bicyclic) bond motifs is 1. The molecule has 0 spiro atoms. The van der Waals surface area contributed by atoms with Gasteiger partial charge in [-0.1, -0.05) is 5.16 Å². The minimum Gasteiger partial charge on any atom is -0.334 e. The van der Waals surface area contributed by atoms with Gasteiger partial charge in [-0.05, 0) is 31.7 Å². The van der Waals surface area contributed by atoms with Crippen LogP contribution in [0, 0.1) is 6.92 Å². The monoisotopic (exact) mass is 243 g/mol. The first kappa shape index (κ1) is 10.9. The van der Waals surface area contributed by atoms with Crippen molar-refractivity contribution in [2.24, 2.45) is 5.73 Å². The number of aryl methyl sites for hydroxylation is 1. The molecule has 0 aliphatic carbocycles. The third kappa shape index (κ3) is 1.76. The van der Waals surface area contributed by atoms with Gasteiger partial charge in [-0.15, -0.1) is 0 Å². The van der Waals surface area contributed by atoms with Gasteiger partial charge in [0.2, 0.25) is 0 Å². The lowest BCUT2D eigenvalue weighted by molar-refractivity contribution is 0.425. The van der Waals surface area contributed by atoms with Crippen molar-refractivity contribution in [2.75, 3.05) is 6.54 Å². The minimum absolute atomic E-state index is 0.522. The summed E-state index contributed by atoms with van der Waals surface area (Å²) in [7, 11) is 0. The van der Waals surface area contributed by atoms with Crippen LogP contribution in [0.2, 0.25) is 0 Å². The van der Waals surface area contributed by atoms with E-state index in [4.69, 9.17) is 10.3 Å². The van der Waals surface area contributed by atoms with Crippen LogP contribution in [0.15, 0.2) is 22.7 Å². The van der Waals surface area contributed by atoms with Crippen molar-refractivity contribution >= 4 is 10.9 Å². The molecule has 2 heterocycles. The number of benzene rings is 1. The number of aromatic amines is 1. The topological polar surface area (TPSA) is 93.6 Å². The first-order valence-electron chi connectivity index (χ1n) is 5.75. The van der Waals surface area contributed by atoms with Crippen molar-refractivity contribution in [2.45, 2.75) is 13.3 Å². The maximum Gasteiger partial charge on any atom is 0.257 e. The minimum atomic E-state index is 0.522. The van der Waals surface area contributed by atoms with Crippen LogP contribution >= 0.6 is 0 Å². The number of nitrogens with zero attached hydrogens (tertiary/aromatic N) is 3. The molecule has 0 aliphatic rings. The molecule has 3 N–H and O–H groups in total. The summed E-state index contributed by atoms with van der Waals surface area (Å²) in [5, 5.41) is 12.1. The highest BCUT2D eigenvalue weighted by Gasteiger charge is 2.10. The van der Waals surface area contributed by atoms with Gasteiger partial charge < -0.3 is 10.3 Å². The average Bonchev–Trinajstić information content (AvgIpc) is 2.96. The van der Waals surface area contributed by atoms with Gasteiger partial charge in [-0.25, -0.2) is 0 Å². The fraction of sp³-hybridized carbons (Fsp3) is 0.250. The molecule has 92 valence electrons. The first-order chi connectivity index (χ1) is 8.78. The lowest BCUT2D eigenvalue weighted by Gasteiger charge is -1.97. The highest BCUT2D eigenvalue weighted by atomic mass is 16.5. The molecule has 18 heavy (non-hydrogen) atoms. The summed E-state index contributed by atoms with van der Waals surface area (Å²) in [5.41, 5.74) is 8.41. The summed E-state index contributed by atoms with van der Waals surface area (Å²) in [4.78, 5) is 4.21. The standard InChI is InChI=1S/C12H13N5O/c1-7-14-12(18-17-7)8-2-3-10-9(6-8)11(4-5-13)16-15-10/h2-3,6H,4-5,13H2,1H3,(H,15,16). The molecule has 0 aliphatic heterocycles. The Morgan fingerprint density at radius 2 is 2.28 bits per heavy atom. The Bertz CT molecular complexity index is 685. The number of nitrogens with one attached hydrogen (secondary N) is 1. The maximum atomic E-state index is 5.57. The van der Waals surface area contributed by atoms with Crippen molar-refractivity contribution in [3.63, 3.8) is 0 Å². The predicted molar refractivity (Wildman–Crippen MR) is 66.9 cm³/mol. The van der Waals surface area contributed by atoms with E-state index < -0.39 is 0 Å². The molecular formula is C12H13N5O. The average molecular weight is 243 g/mol. The molecule has 1 aromatic carbocycles. The van der Waals surface area contributed by atoms with E-state index in [1.165, 1.54) is 0 Å². The number of aromatic nitrogens is 4. The SMILES string of the molecule is Cc1noc(-c2ccc3n[nH]c(CCN)c3c2)n1. The van der Waals surface area contributed by atoms with Gasteiger partial charge in [-0.3, -0.25) is 5.10 Å². The Morgan fingerprint density at radius 3 is 3.00 bits per heavy atom. The lowest BCUT2D eigenvalue weighted by atomic mass is 10.1. The summed E-state index contributed by atoms with van der Waals surface area (Å²) < 4.78 is 5.16. The summed E-state index contributed by atoms with van der Waals surface area (Å²) in [5.74, 6) is 1.15. The predicted octanol–water partition coefficient (Wildman–Crippen LogP) is 1.42. The van der Waals surface area contributed by atoms with E-state index >= 15 is 0 Å². The third-order valence-corrected chi connectivity index (χ3v) is 2.80. The number of rotatable bonds is 3. The van der Waals surface area contributed by atoms with E-state index in [0.717, 1.165) is 28.6 Å². The van der Waals surface area contributed by atoms with Crippen molar-refractivity contribution < 1.29 is 4.52 Å². The molecular weight excluding hydrogens is 230 g/mol. The van der Waals surface area contributed by atoms with Crippen LogP contribution in [0.5, 0.6) is 0 Å². The van der Waals surface area contributed by atoms with Gasteiger partial charge in [0, 0.05) is 23.1 Å². The fourth-order valence-electron chi connectivity index (χ4n) is 1.95. The lowest BCUT2D eigenvalue weighted by Crippen LogP contribution is -2.03. The zero-order valence-electron chi connectivity index (χ0n) is 9.97. The Morgan fingerprint density at radius 1 is 1.39 bits per heavy atom. The van der Waals surface area contributed by atoms with Crippen LogP contribution < -0.4 is 5.73 Å². The Balaban J connectivity index is 2.11. The number of nitrogens with two attached hydrogens (primary N) is 1. The van der Waals surface area contributed by atoms with Crippen LogP contribution in [0.3, 0.4) is 0 Å². The van der Waals surface area contributed by atoms with Crippen LogP contribution in [-0.2, 0) is 6.42 Å². The van der Waals surface area contributed by atoms with Gasteiger partial charge in [0.1, 0.15) is 0 Å². The van der Waals surface area contributed by atoms with Crippen LogP contribution in [-0.4, -0.2) is 26.9 Å². The summed E-state index contributed by atoms with van der Waals surface area (Å²) in [6.45, 7) is 2.38. The number of H-pyrrole nitrogens is 1. The molecule has 0 amide bonds. The van der Waals surface area contributed by atoms with Gasteiger partial charge in [-0.2, -0.15) is 10.1 Å². The normalized spacial score (nSPS) is 11.2. The number of hydrogen-bond donors (Lipinski definition) is 2. The van der Waals surface area contributed by atoms with Gasteiger partial charge in [0.15, 0.2) is 5.82 Å². The van der Waals surface area contributed by atoms with Gasteiger partial charge >= 0.3 is 0 Å². The second-order valence-electron chi connectivity index (χ2n) is 4.12. The van der Waals surface area contributed by atoms with Crippen LogP contribution in [0.4, 0.5) is 0 Å². The molecule has 6 heteroatoms. The van der Waals surface area contributed by atoms with E-state index in [-0.39, 0.29) is 0 Å². The van der Waals surface area contributed by atoms with E-state index in [9.17, 15) is 0 Å². The van der Waals surface area contributed by atoms with Crippen molar-refractivity contribution in [3.8, 4) is 11.5 Å². The molecule has 0 radical (unpaired) electrons. The zero-order valence-corrected chi connectivity index (χ0v) is 9.97. The Hall–Kier alpha value is -2.21. The van der Waals surface area contributed by atoms with E-state index in [2.05, 4.69) is 20.3 Å². The molecule has 0 atom stereocenters. The molecule has 0 saturated heterocycles. The molecule has 0 unspecified atom stereocenters. The highest BCUT2D eigenvalue weighted by Crippen LogP contribution is 2.24. The highest BCUT2D eigenvalue weighted by molar-refractivity contribution is 5.85. The fourth-order valence-corrected chi connectivity index (χ4v) is 1.95. The van der Waals surface area contributed by atoms with E-state index in [1.54, 1.807) is 6.92 Å². The smallest absolute Gasteiger partial charge is 0.257 e. The maximum absolute atomic E-state index is 5.57. The van der Waals surface area contributed by atoms with Crippen LogP contribution in [0.1, 0.15) is 11.5 Å². The Kier molecular flexibility index (Phi) is 2.56. The third-order valence-electron chi connectivity index (χ3n) is 2.80. The summed E-state index contributed by atoms with van der Waals surface area (Å²) in [6.07, 6.45) is 0.767. The first-order valence-corrected chi connectivity index (χ1v) is 5.75. The molecule has 3 rings (SSSR count). The summed E-state index contributed by atoms with van der Waals surface area (Å²) >= 11 is 0. The Labute approximate surface area is 103 Å². The van der Waals surface area contributed by atoms with Gasteiger partial charge in [0.05, 0.1) is 5.52 Å². The molecule has 0 fully saturated rings. The summed E-state index contributed by atoms with van der Waals surface area (Å²) in [6, 6.07) is 5.85. The van der Waals surface area contributed by atoms with Crippen molar-refractivity contribution in [1.29, 1.82) is 0 Å². The quantitative estimate of drug-likeness (QED) is 0.725. The molecule has 2 aromatic heterocycles. The zero-order chi connectivity index (χ0) is 12.5. The van der Waals surface area contributed by atoms with E-state index in [1.807, 2.05) is 18.2 Å². The molecule has 0 bridgehead atoms. The second-order valence-corrected chi connectivity index (χ2v) is 4.12. The van der Waals surface area contributed by atoms with Crippen molar-refractivity contribution in [1.82, 2.24) is 20.3 Å². The second kappa shape index (κ2) is 4.23. The van der Waals surface area contributed by atoms with Crippen LogP contribution in [0.25, 0.3) is 22.4 Å². The van der Waals surface area contributed by atoms with Gasteiger partial charge in [0.25, 0.3) is 5.89 Å².